The maximum absolute atomic E-state index is 5.65. The van der Waals surface area contributed by atoms with Crippen LogP contribution in [-0.4, -0.2) is 26.8 Å². The Morgan fingerprint density at radius 2 is 2.33 bits per heavy atom. The van der Waals surface area contributed by atoms with Crippen molar-refractivity contribution >= 4 is 0 Å². The van der Waals surface area contributed by atoms with Crippen molar-refractivity contribution in [2.75, 3.05) is 6.54 Å². The lowest BCUT2D eigenvalue weighted by atomic mass is 10.0. The zero-order valence-corrected chi connectivity index (χ0v) is 6.98. The van der Waals surface area contributed by atoms with Crippen LogP contribution in [0, 0.1) is 5.41 Å². The van der Waals surface area contributed by atoms with E-state index in [2.05, 4.69) is 15.5 Å². The third-order valence-electron chi connectivity index (χ3n) is 2.65. The fourth-order valence-electron chi connectivity index (χ4n) is 1.37. The molecule has 2 rings (SSSR count). The van der Waals surface area contributed by atoms with Crippen molar-refractivity contribution in [2.45, 2.75) is 25.8 Å². The summed E-state index contributed by atoms with van der Waals surface area (Å²) in [6, 6.07) is 0. The Morgan fingerprint density at radius 1 is 1.50 bits per heavy atom. The molecule has 1 fully saturated rings. The SMILES string of the molecule is NCC1(CCn2cnnn2)CC1. The van der Waals surface area contributed by atoms with E-state index < -0.39 is 0 Å². The topological polar surface area (TPSA) is 69.6 Å². The van der Waals surface area contributed by atoms with E-state index in [0.29, 0.717) is 5.41 Å². The predicted octanol–water partition coefficient (Wildman–Crippen LogP) is -0.198. The first-order valence-corrected chi connectivity index (χ1v) is 4.26. The fraction of sp³-hybridized carbons (Fsp3) is 0.857. The summed E-state index contributed by atoms with van der Waals surface area (Å²) in [7, 11) is 0. The van der Waals surface area contributed by atoms with Crippen LogP contribution in [0.15, 0.2) is 6.33 Å². The summed E-state index contributed by atoms with van der Waals surface area (Å²) >= 11 is 0. The molecule has 1 aromatic rings. The maximum Gasteiger partial charge on any atom is 0.138 e. The second kappa shape index (κ2) is 2.82. The molecule has 0 unspecified atom stereocenters. The molecule has 1 saturated carbocycles. The van der Waals surface area contributed by atoms with E-state index in [9.17, 15) is 0 Å². The molecule has 12 heavy (non-hydrogen) atoms. The van der Waals surface area contributed by atoms with Gasteiger partial charge in [0, 0.05) is 6.54 Å². The molecule has 66 valence electrons. The number of aryl methyl sites for hydroxylation is 1. The lowest BCUT2D eigenvalue weighted by Gasteiger charge is -2.10. The smallest absolute Gasteiger partial charge is 0.138 e. The molecular weight excluding hydrogens is 154 g/mol. The van der Waals surface area contributed by atoms with Crippen molar-refractivity contribution in [3.05, 3.63) is 6.33 Å². The largest absolute Gasteiger partial charge is 0.330 e. The van der Waals surface area contributed by atoms with Crippen LogP contribution in [0.25, 0.3) is 0 Å². The number of hydrogen-bond donors (Lipinski definition) is 1. The molecular formula is C7H13N5. The highest BCUT2D eigenvalue weighted by Gasteiger charge is 2.40. The zero-order valence-electron chi connectivity index (χ0n) is 6.98. The molecule has 5 nitrogen and oxygen atoms in total. The van der Waals surface area contributed by atoms with Crippen LogP contribution >= 0.6 is 0 Å². The van der Waals surface area contributed by atoms with Crippen LogP contribution in [0.1, 0.15) is 19.3 Å². The molecule has 0 saturated heterocycles. The van der Waals surface area contributed by atoms with Gasteiger partial charge in [0.15, 0.2) is 0 Å². The van der Waals surface area contributed by atoms with Crippen molar-refractivity contribution < 1.29 is 0 Å². The zero-order chi connectivity index (χ0) is 8.44. The van der Waals surface area contributed by atoms with Gasteiger partial charge in [-0.1, -0.05) is 0 Å². The Morgan fingerprint density at radius 3 is 2.83 bits per heavy atom. The number of nitrogens with two attached hydrogens (primary N) is 1. The fourth-order valence-corrected chi connectivity index (χ4v) is 1.37. The third kappa shape index (κ3) is 1.45. The molecule has 0 amide bonds. The van der Waals surface area contributed by atoms with Crippen molar-refractivity contribution in [3.8, 4) is 0 Å². The number of tetrazole rings is 1. The highest BCUT2D eigenvalue weighted by atomic mass is 15.5. The Bertz CT molecular complexity index is 238. The molecule has 1 heterocycles. The van der Waals surface area contributed by atoms with Gasteiger partial charge >= 0.3 is 0 Å². The molecule has 0 atom stereocenters. The molecule has 0 spiro atoms. The standard InChI is InChI=1S/C7H13N5/c8-5-7(1-2-7)3-4-12-6-9-10-11-12/h6H,1-5,8H2. The Hall–Kier alpha value is -0.970. The second-order valence-electron chi connectivity index (χ2n) is 3.53. The van der Waals surface area contributed by atoms with Crippen molar-refractivity contribution in [3.63, 3.8) is 0 Å². The molecule has 0 aliphatic heterocycles. The molecule has 0 aromatic carbocycles. The van der Waals surface area contributed by atoms with Crippen LogP contribution in [0.5, 0.6) is 0 Å². The summed E-state index contributed by atoms with van der Waals surface area (Å²) in [5.41, 5.74) is 6.07. The monoisotopic (exact) mass is 167 g/mol. The number of hydrogen-bond acceptors (Lipinski definition) is 4. The van der Waals surface area contributed by atoms with E-state index in [4.69, 9.17) is 5.73 Å². The van der Waals surface area contributed by atoms with Gasteiger partial charge in [-0.2, -0.15) is 0 Å². The summed E-state index contributed by atoms with van der Waals surface area (Å²) in [6.07, 6.45) is 5.29. The summed E-state index contributed by atoms with van der Waals surface area (Å²) < 4.78 is 1.76. The minimum absolute atomic E-state index is 0.423. The average molecular weight is 167 g/mol. The number of aromatic nitrogens is 4. The molecule has 1 aliphatic rings. The number of rotatable bonds is 4. The maximum atomic E-state index is 5.65. The summed E-state index contributed by atoms with van der Waals surface area (Å²) in [5, 5.41) is 10.9. The van der Waals surface area contributed by atoms with Gasteiger partial charge in [0.05, 0.1) is 0 Å². The van der Waals surface area contributed by atoms with Gasteiger partial charge in [0.2, 0.25) is 0 Å². The minimum atomic E-state index is 0.423. The minimum Gasteiger partial charge on any atom is -0.330 e. The Kier molecular flexibility index (Phi) is 1.80. The van der Waals surface area contributed by atoms with E-state index >= 15 is 0 Å². The molecule has 1 aromatic heterocycles. The van der Waals surface area contributed by atoms with Crippen molar-refractivity contribution in [2.24, 2.45) is 11.1 Å². The van der Waals surface area contributed by atoms with Gasteiger partial charge < -0.3 is 5.73 Å². The molecule has 1 aliphatic carbocycles. The van der Waals surface area contributed by atoms with Crippen molar-refractivity contribution in [1.29, 1.82) is 0 Å². The van der Waals surface area contributed by atoms with Crippen molar-refractivity contribution in [1.82, 2.24) is 20.2 Å². The van der Waals surface area contributed by atoms with Crippen LogP contribution in [-0.2, 0) is 6.54 Å². The Labute approximate surface area is 70.9 Å². The first kappa shape index (κ1) is 7.67. The van der Waals surface area contributed by atoms with E-state index in [1.54, 1.807) is 11.0 Å². The van der Waals surface area contributed by atoms with Gasteiger partial charge in [-0.15, -0.1) is 5.10 Å². The number of nitrogens with zero attached hydrogens (tertiary/aromatic N) is 4. The van der Waals surface area contributed by atoms with E-state index in [1.165, 1.54) is 12.8 Å². The lowest BCUT2D eigenvalue weighted by molar-refractivity contribution is 0.415. The average Bonchev–Trinajstić information content (AvgIpc) is 2.70. The van der Waals surface area contributed by atoms with Gasteiger partial charge in [-0.25, -0.2) is 4.68 Å². The summed E-state index contributed by atoms with van der Waals surface area (Å²) in [5.74, 6) is 0. The van der Waals surface area contributed by atoms with Gasteiger partial charge in [-0.05, 0) is 41.6 Å². The van der Waals surface area contributed by atoms with E-state index in [1.807, 2.05) is 0 Å². The summed E-state index contributed by atoms with van der Waals surface area (Å²) in [6.45, 7) is 1.69. The van der Waals surface area contributed by atoms with Gasteiger partial charge in [0.1, 0.15) is 6.33 Å². The highest BCUT2D eigenvalue weighted by Crippen LogP contribution is 2.47. The van der Waals surface area contributed by atoms with Crippen LogP contribution in [0.2, 0.25) is 0 Å². The quantitative estimate of drug-likeness (QED) is 0.674. The molecule has 2 N–H and O–H groups in total. The van der Waals surface area contributed by atoms with Crippen LogP contribution in [0.3, 0.4) is 0 Å². The molecule has 0 radical (unpaired) electrons. The Balaban J connectivity index is 1.83. The van der Waals surface area contributed by atoms with Gasteiger partial charge in [0.25, 0.3) is 0 Å². The van der Waals surface area contributed by atoms with E-state index in [0.717, 1.165) is 19.5 Å². The lowest BCUT2D eigenvalue weighted by Crippen LogP contribution is -2.17. The van der Waals surface area contributed by atoms with Crippen LogP contribution in [0.4, 0.5) is 0 Å². The first-order chi connectivity index (χ1) is 5.85. The van der Waals surface area contributed by atoms with E-state index in [-0.39, 0.29) is 0 Å². The first-order valence-electron chi connectivity index (χ1n) is 4.26. The highest BCUT2D eigenvalue weighted by molar-refractivity contribution is 4.93. The molecule has 0 bridgehead atoms. The normalized spacial score (nSPS) is 19.4. The second-order valence-corrected chi connectivity index (χ2v) is 3.53. The third-order valence-corrected chi connectivity index (χ3v) is 2.65. The van der Waals surface area contributed by atoms with Gasteiger partial charge in [-0.3, -0.25) is 0 Å². The van der Waals surface area contributed by atoms with Crippen LogP contribution < -0.4 is 5.73 Å². The predicted molar refractivity (Wildman–Crippen MR) is 43.2 cm³/mol. The molecule has 5 heteroatoms. The summed E-state index contributed by atoms with van der Waals surface area (Å²) in [4.78, 5) is 0.